The van der Waals surface area contributed by atoms with Crippen LogP contribution in [0.5, 0.6) is 5.75 Å². The molecule has 3 aromatic carbocycles. The van der Waals surface area contributed by atoms with Crippen molar-refractivity contribution in [3.63, 3.8) is 0 Å². The summed E-state index contributed by atoms with van der Waals surface area (Å²) in [7, 11) is 0. The standard InChI is InChI=1S/C30H27NO6/c1-19-26(16-15-23-22-13-8-14-24(22)28(32)37-27(19)23)36-29(33)25(17-20-9-4-2-5-10-20)31-30(34)35-18-21-11-6-3-7-12-21/h2-7,9-12,15-16,25H,8,13-14,17-18H2,1H3,(H,31,34)/t25-/m0/s1. The highest BCUT2D eigenvalue weighted by Crippen LogP contribution is 2.33. The lowest BCUT2D eigenvalue weighted by Gasteiger charge is -2.19. The number of fused-ring (bicyclic) bond motifs is 3. The Balaban J connectivity index is 1.36. The van der Waals surface area contributed by atoms with Gasteiger partial charge in [-0.3, -0.25) is 0 Å². The fourth-order valence-corrected chi connectivity index (χ4v) is 4.70. The number of rotatable bonds is 7. The monoisotopic (exact) mass is 497 g/mol. The summed E-state index contributed by atoms with van der Waals surface area (Å²) in [6.45, 7) is 1.83. The van der Waals surface area contributed by atoms with Crippen molar-refractivity contribution in [2.45, 2.75) is 45.3 Å². The molecule has 1 amide bonds. The molecular weight excluding hydrogens is 470 g/mol. The number of carbonyl (C=O) groups excluding carboxylic acids is 2. The summed E-state index contributed by atoms with van der Waals surface area (Å²) in [5.74, 6) is -0.373. The summed E-state index contributed by atoms with van der Waals surface area (Å²) >= 11 is 0. The van der Waals surface area contributed by atoms with E-state index in [-0.39, 0.29) is 24.4 Å². The maximum absolute atomic E-state index is 13.3. The minimum absolute atomic E-state index is 0.0763. The Hall–Kier alpha value is -4.39. The van der Waals surface area contributed by atoms with Crippen molar-refractivity contribution < 1.29 is 23.5 Å². The van der Waals surface area contributed by atoms with Gasteiger partial charge in [-0.05, 0) is 55.0 Å². The normalized spacial score (nSPS) is 13.1. The molecule has 0 bridgehead atoms. The van der Waals surface area contributed by atoms with E-state index in [1.165, 1.54) is 0 Å². The first kappa shape index (κ1) is 24.3. The van der Waals surface area contributed by atoms with Crippen LogP contribution in [-0.4, -0.2) is 18.1 Å². The number of ether oxygens (including phenoxy) is 2. The number of benzene rings is 3. The third-order valence-corrected chi connectivity index (χ3v) is 6.62. The molecule has 1 aliphatic carbocycles. The molecule has 1 aromatic heterocycles. The van der Waals surface area contributed by atoms with Crippen molar-refractivity contribution >= 4 is 23.0 Å². The Labute approximate surface area is 214 Å². The molecule has 37 heavy (non-hydrogen) atoms. The van der Waals surface area contributed by atoms with Gasteiger partial charge in [0.25, 0.3) is 0 Å². The van der Waals surface area contributed by atoms with Gasteiger partial charge in [0.1, 0.15) is 24.0 Å². The van der Waals surface area contributed by atoms with Gasteiger partial charge in [-0.1, -0.05) is 60.7 Å². The minimum atomic E-state index is -0.993. The van der Waals surface area contributed by atoms with Gasteiger partial charge in [0, 0.05) is 22.9 Å². The van der Waals surface area contributed by atoms with Crippen LogP contribution in [0.25, 0.3) is 11.0 Å². The molecule has 1 aliphatic rings. The lowest BCUT2D eigenvalue weighted by atomic mass is 10.0. The maximum Gasteiger partial charge on any atom is 0.408 e. The SMILES string of the molecule is Cc1c(OC(=O)[C@H](Cc2ccccc2)NC(=O)OCc2ccccc2)ccc2c3c(c(=O)oc12)CCC3. The average molecular weight is 498 g/mol. The number of aryl methyl sites for hydroxylation is 2. The summed E-state index contributed by atoms with van der Waals surface area (Å²) in [5, 5.41) is 3.51. The van der Waals surface area contributed by atoms with E-state index in [0.717, 1.165) is 46.9 Å². The van der Waals surface area contributed by atoms with Crippen molar-refractivity contribution in [2.24, 2.45) is 0 Å². The molecule has 5 rings (SSSR count). The van der Waals surface area contributed by atoms with Gasteiger partial charge in [0.2, 0.25) is 0 Å². The number of hydrogen-bond donors (Lipinski definition) is 1. The van der Waals surface area contributed by atoms with Gasteiger partial charge in [-0.2, -0.15) is 0 Å². The van der Waals surface area contributed by atoms with Crippen molar-refractivity contribution in [3.8, 4) is 5.75 Å². The lowest BCUT2D eigenvalue weighted by Crippen LogP contribution is -2.44. The zero-order chi connectivity index (χ0) is 25.8. The van der Waals surface area contributed by atoms with Crippen LogP contribution in [0.4, 0.5) is 4.79 Å². The van der Waals surface area contributed by atoms with Gasteiger partial charge >= 0.3 is 17.7 Å². The second-order valence-corrected chi connectivity index (χ2v) is 9.14. The number of nitrogens with one attached hydrogen (secondary N) is 1. The quantitative estimate of drug-likeness (QED) is 0.219. The highest BCUT2D eigenvalue weighted by molar-refractivity contribution is 5.88. The maximum atomic E-state index is 13.3. The van der Waals surface area contributed by atoms with E-state index >= 15 is 0 Å². The second-order valence-electron chi connectivity index (χ2n) is 9.14. The van der Waals surface area contributed by atoms with E-state index in [1.807, 2.05) is 66.7 Å². The van der Waals surface area contributed by atoms with Crippen LogP contribution >= 0.6 is 0 Å². The lowest BCUT2D eigenvalue weighted by molar-refractivity contribution is -0.136. The molecule has 1 atom stereocenters. The number of carbonyl (C=O) groups is 2. The van der Waals surface area contributed by atoms with Gasteiger partial charge in [0.15, 0.2) is 0 Å². The fourth-order valence-electron chi connectivity index (χ4n) is 4.70. The van der Waals surface area contributed by atoms with Gasteiger partial charge in [-0.25, -0.2) is 14.4 Å². The molecule has 1 heterocycles. The smallest absolute Gasteiger partial charge is 0.408 e. The summed E-state index contributed by atoms with van der Waals surface area (Å²) in [6, 6.07) is 21.2. The van der Waals surface area contributed by atoms with Crippen LogP contribution in [0.3, 0.4) is 0 Å². The Morgan fingerprint density at radius 1 is 0.919 bits per heavy atom. The number of hydrogen-bond acceptors (Lipinski definition) is 6. The molecule has 0 unspecified atom stereocenters. The van der Waals surface area contributed by atoms with E-state index in [9.17, 15) is 14.4 Å². The summed E-state index contributed by atoms with van der Waals surface area (Å²) in [4.78, 5) is 38.3. The molecule has 4 aromatic rings. The zero-order valence-electron chi connectivity index (χ0n) is 20.5. The Morgan fingerprint density at radius 2 is 1.59 bits per heavy atom. The van der Waals surface area contributed by atoms with Crippen LogP contribution in [0, 0.1) is 6.92 Å². The molecule has 7 heteroatoms. The van der Waals surface area contributed by atoms with Gasteiger partial charge < -0.3 is 19.2 Å². The molecule has 0 radical (unpaired) electrons. The summed E-state index contributed by atoms with van der Waals surface area (Å²) in [6.07, 6.45) is 1.96. The van der Waals surface area contributed by atoms with Crippen molar-refractivity contribution in [1.29, 1.82) is 0 Å². The molecule has 188 valence electrons. The number of amides is 1. The van der Waals surface area contributed by atoms with Crippen LogP contribution in [-0.2, 0) is 35.4 Å². The molecular formula is C30H27NO6. The minimum Gasteiger partial charge on any atom is -0.445 e. The van der Waals surface area contributed by atoms with Crippen molar-refractivity contribution in [2.75, 3.05) is 0 Å². The predicted octanol–water partition coefficient (Wildman–Crippen LogP) is 5.03. The van der Waals surface area contributed by atoms with Crippen molar-refractivity contribution in [1.82, 2.24) is 5.32 Å². The van der Waals surface area contributed by atoms with Crippen LogP contribution in [0.15, 0.2) is 82.0 Å². The molecule has 1 N–H and O–H groups in total. The second kappa shape index (κ2) is 10.7. The van der Waals surface area contributed by atoms with Crippen LogP contribution in [0.2, 0.25) is 0 Å². The highest BCUT2D eigenvalue weighted by atomic mass is 16.6. The average Bonchev–Trinajstić information content (AvgIpc) is 3.41. The topological polar surface area (TPSA) is 94.8 Å². The van der Waals surface area contributed by atoms with Crippen molar-refractivity contribution in [3.05, 3.63) is 111 Å². The van der Waals surface area contributed by atoms with E-state index < -0.39 is 18.1 Å². The van der Waals surface area contributed by atoms with E-state index in [4.69, 9.17) is 13.9 Å². The van der Waals surface area contributed by atoms with Crippen LogP contribution < -0.4 is 15.7 Å². The predicted molar refractivity (Wildman–Crippen MR) is 139 cm³/mol. The third kappa shape index (κ3) is 5.40. The Kier molecular flexibility index (Phi) is 7.03. The van der Waals surface area contributed by atoms with E-state index in [2.05, 4.69) is 5.32 Å². The summed E-state index contributed by atoms with van der Waals surface area (Å²) in [5.41, 5.74) is 4.07. The fraction of sp³-hybridized carbons (Fsp3) is 0.233. The molecule has 0 aliphatic heterocycles. The first-order valence-corrected chi connectivity index (χ1v) is 12.3. The van der Waals surface area contributed by atoms with E-state index in [1.54, 1.807) is 13.0 Å². The Morgan fingerprint density at radius 3 is 2.32 bits per heavy atom. The van der Waals surface area contributed by atoms with Gasteiger partial charge in [-0.15, -0.1) is 0 Å². The summed E-state index contributed by atoms with van der Waals surface area (Å²) < 4.78 is 16.7. The molecule has 7 nitrogen and oxygen atoms in total. The third-order valence-electron chi connectivity index (χ3n) is 6.62. The van der Waals surface area contributed by atoms with Crippen LogP contribution in [0.1, 0.15) is 34.2 Å². The van der Waals surface area contributed by atoms with Gasteiger partial charge in [0.05, 0.1) is 0 Å². The zero-order valence-corrected chi connectivity index (χ0v) is 20.5. The molecule has 0 saturated carbocycles. The first-order chi connectivity index (χ1) is 18.0. The Bertz CT molecular complexity index is 1490. The molecule has 0 fully saturated rings. The highest BCUT2D eigenvalue weighted by Gasteiger charge is 2.26. The largest absolute Gasteiger partial charge is 0.445 e. The van der Waals surface area contributed by atoms with E-state index in [0.29, 0.717) is 11.1 Å². The number of esters is 1. The number of alkyl carbamates (subject to hydrolysis) is 1. The molecule has 0 spiro atoms. The first-order valence-electron chi connectivity index (χ1n) is 12.3. The molecule has 0 saturated heterocycles.